The van der Waals surface area contributed by atoms with Gasteiger partial charge in [-0.3, -0.25) is 9.59 Å². The van der Waals surface area contributed by atoms with Gasteiger partial charge in [0, 0.05) is 12.0 Å². The lowest BCUT2D eigenvalue weighted by Gasteiger charge is -2.18. The van der Waals surface area contributed by atoms with E-state index in [9.17, 15) is 9.59 Å². The van der Waals surface area contributed by atoms with Crippen LogP contribution in [-0.2, 0) is 4.79 Å². The second-order valence-electron chi connectivity index (χ2n) is 4.23. The van der Waals surface area contributed by atoms with Crippen molar-refractivity contribution in [3.63, 3.8) is 0 Å². The minimum atomic E-state index is -0.971. The molecule has 5 nitrogen and oxygen atoms in total. The van der Waals surface area contributed by atoms with Gasteiger partial charge < -0.3 is 14.6 Å². The van der Waals surface area contributed by atoms with E-state index in [0.717, 1.165) is 0 Å². The van der Waals surface area contributed by atoms with E-state index in [-0.39, 0.29) is 12.2 Å². The summed E-state index contributed by atoms with van der Waals surface area (Å²) in [6, 6.07) is 4.91. The van der Waals surface area contributed by atoms with Crippen molar-refractivity contribution >= 4 is 11.8 Å². The van der Waals surface area contributed by atoms with Crippen molar-refractivity contribution in [1.29, 1.82) is 0 Å². The first kappa shape index (κ1) is 12.4. The molecule has 0 spiro atoms. The third-order valence-electron chi connectivity index (χ3n) is 2.78. The number of rotatable bonds is 4. The Bertz CT molecular complexity index is 480. The standard InChI is InChI=1S/C13H14O5/c1-8(13(15)16)6-10(14)9-2-3-11-12(7-9)18-5-4-17-11/h2-3,7-8H,4-6H2,1H3,(H,15,16). The van der Waals surface area contributed by atoms with Gasteiger partial charge >= 0.3 is 5.97 Å². The summed E-state index contributed by atoms with van der Waals surface area (Å²) in [7, 11) is 0. The highest BCUT2D eigenvalue weighted by Gasteiger charge is 2.19. The van der Waals surface area contributed by atoms with Crippen LogP contribution in [0.3, 0.4) is 0 Å². The van der Waals surface area contributed by atoms with Crippen LogP contribution in [-0.4, -0.2) is 30.1 Å². The number of carbonyl (C=O) groups excluding carboxylic acids is 1. The number of ketones is 1. The van der Waals surface area contributed by atoms with Gasteiger partial charge in [-0.2, -0.15) is 0 Å². The number of carboxylic acids is 1. The van der Waals surface area contributed by atoms with Crippen LogP contribution in [0.4, 0.5) is 0 Å². The quantitative estimate of drug-likeness (QED) is 0.824. The number of carbonyl (C=O) groups is 2. The lowest BCUT2D eigenvalue weighted by atomic mass is 9.99. The fourth-order valence-corrected chi connectivity index (χ4v) is 1.70. The molecule has 2 rings (SSSR count). The Hall–Kier alpha value is -2.04. The zero-order chi connectivity index (χ0) is 13.1. The summed E-state index contributed by atoms with van der Waals surface area (Å²) in [6.07, 6.45) is -0.0189. The number of hydrogen-bond donors (Lipinski definition) is 1. The summed E-state index contributed by atoms with van der Waals surface area (Å²) in [5.41, 5.74) is 0.451. The third kappa shape index (κ3) is 2.61. The van der Waals surface area contributed by atoms with Gasteiger partial charge in [0.15, 0.2) is 17.3 Å². The molecule has 1 unspecified atom stereocenters. The molecule has 1 aromatic rings. The molecule has 1 aromatic carbocycles. The maximum absolute atomic E-state index is 11.9. The lowest BCUT2D eigenvalue weighted by Crippen LogP contribution is -2.17. The molecule has 96 valence electrons. The summed E-state index contributed by atoms with van der Waals surface area (Å²) < 4.78 is 10.7. The van der Waals surface area contributed by atoms with Crippen molar-refractivity contribution in [1.82, 2.24) is 0 Å². The van der Waals surface area contributed by atoms with Crippen LogP contribution in [0.1, 0.15) is 23.7 Å². The first-order valence-corrected chi connectivity index (χ1v) is 5.73. The maximum Gasteiger partial charge on any atom is 0.306 e. The Morgan fingerprint density at radius 2 is 1.94 bits per heavy atom. The molecule has 1 aliphatic rings. The number of benzene rings is 1. The summed E-state index contributed by atoms with van der Waals surface area (Å²) >= 11 is 0. The van der Waals surface area contributed by atoms with Gasteiger partial charge in [-0.25, -0.2) is 0 Å². The van der Waals surface area contributed by atoms with E-state index in [1.165, 1.54) is 6.92 Å². The number of hydrogen-bond acceptors (Lipinski definition) is 4. The SMILES string of the molecule is CC(CC(=O)c1ccc2c(c1)OCCO2)C(=O)O. The Kier molecular flexibility index (Phi) is 3.50. The highest BCUT2D eigenvalue weighted by molar-refractivity contribution is 5.98. The van der Waals surface area contributed by atoms with E-state index in [2.05, 4.69) is 0 Å². The zero-order valence-corrected chi connectivity index (χ0v) is 10.0. The van der Waals surface area contributed by atoms with Crippen molar-refractivity contribution in [2.75, 3.05) is 13.2 Å². The number of ether oxygens (including phenoxy) is 2. The highest BCUT2D eigenvalue weighted by atomic mass is 16.6. The Balaban J connectivity index is 2.13. The normalized spacial score (nSPS) is 14.9. The molecule has 0 aromatic heterocycles. The summed E-state index contributed by atoms with van der Waals surface area (Å²) in [4.78, 5) is 22.6. The lowest BCUT2D eigenvalue weighted by molar-refractivity contribution is -0.141. The van der Waals surface area contributed by atoms with Gasteiger partial charge in [0.25, 0.3) is 0 Å². The molecule has 5 heteroatoms. The molecular weight excluding hydrogens is 236 g/mol. The fraction of sp³-hybridized carbons (Fsp3) is 0.385. The average Bonchev–Trinajstić information content (AvgIpc) is 2.37. The van der Waals surface area contributed by atoms with E-state index in [1.54, 1.807) is 18.2 Å². The topological polar surface area (TPSA) is 72.8 Å². The van der Waals surface area contributed by atoms with Crippen LogP contribution in [0.15, 0.2) is 18.2 Å². The zero-order valence-electron chi connectivity index (χ0n) is 10.0. The molecule has 0 saturated heterocycles. The Morgan fingerprint density at radius 3 is 2.61 bits per heavy atom. The molecule has 0 saturated carbocycles. The average molecular weight is 250 g/mol. The van der Waals surface area contributed by atoms with Gasteiger partial charge in [-0.15, -0.1) is 0 Å². The molecule has 0 fully saturated rings. The predicted octanol–water partition coefficient (Wildman–Crippen LogP) is 1.75. The molecule has 1 aliphatic heterocycles. The van der Waals surface area contributed by atoms with Crippen LogP contribution in [0.2, 0.25) is 0 Å². The third-order valence-corrected chi connectivity index (χ3v) is 2.78. The van der Waals surface area contributed by atoms with Crippen LogP contribution in [0, 0.1) is 5.92 Å². The van der Waals surface area contributed by atoms with Gasteiger partial charge in [0.2, 0.25) is 0 Å². The van der Waals surface area contributed by atoms with E-state index < -0.39 is 11.9 Å². The van der Waals surface area contributed by atoms with Crippen LogP contribution in [0.5, 0.6) is 11.5 Å². The van der Waals surface area contributed by atoms with E-state index in [0.29, 0.717) is 30.3 Å². The van der Waals surface area contributed by atoms with Gasteiger partial charge in [-0.1, -0.05) is 6.92 Å². The number of aliphatic carboxylic acids is 1. The first-order chi connectivity index (χ1) is 8.58. The molecule has 1 N–H and O–H groups in total. The van der Waals surface area contributed by atoms with E-state index in [1.807, 2.05) is 0 Å². The van der Waals surface area contributed by atoms with Gasteiger partial charge in [0.1, 0.15) is 13.2 Å². The summed E-state index contributed by atoms with van der Waals surface area (Å²) in [5, 5.41) is 8.77. The Labute approximate surface area is 104 Å². The van der Waals surface area contributed by atoms with Gasteiger partial charge in [0.05, 0.1) is 5.92 Å². The first-order valence-electron chi connectivity index (χ1n) is 5.73. The molecule has 0 bridgehead atoms. The molecule has 0 radical (unpaired) electrons. The number of fused-ring (bicyclic) bond motifs is 1. The van der Waals surface area contributed by atoms with Crippen LogP contribution in [0.25, 0.3) is 0 Å². The minimum Gasteiger partial charge on any atom is -0.486 e. The van der Waals surface area contributed by atoms with Crippen molar-refractivity contribution < 1.29 is 24.2 Å². The number of Topliss-reactive ketones (excluding diaryl/α,β-unsaturated/α-hetero) is 1. The largest absolute Gasteiger partial charge is 0.486 e. The van der Waals surface area contributed by atoms with Gasteiger partial charge in [-0.05, 0) is 18.2 Å². The Morgan fingerprint density at radius 1 is 1.28 bits per heavy atom. The van der Waals surface area contributed by atoms with Crippen molar-refractivity contribution in [2.24, 2.45) is 5.92 Å². The molecule has 1 atom stereocenters. The monoisotopic (exact) mass is 250 g/mol. The fourth-order valence-electron chi connectivity index (χ4n) is 1.70. The van der Waals surface area contributed by atoms with Crippen molar-refractivity contribution in [3.05, 3.63) is 23.8 Å². The molecule has 1 heterocycles. The minimum absolute atomic E-state index is 0.0189. The van der Waals surface area contributed by atoms with Crippen molar-refractivity contribution in [3.8, 4) is 11.5 Å². The van der Waals surface area contributed by atoms with E-state index in [4.69, 9.17) is 14.6 Å². The second-order valence-corrected chi connectivity index (χ2v) is 4.23. The summed E-state index contributed by atoms with van der Waals surface area (Å²) in [6.45, 7) is 2.46. The van der Waals surface area contributed by atoms with Crippen molar-refractivity contribution in [2.45, 2.75) is 13.3 Å². The molecular formula is C13H14O5. The highest BCUT2D eigenvalue weighted by Crippen LogP contribution is 2.31. The summed E-state index contributed by atoms with van der Waals surface area (Å²) in [5.74, 6) is -0.715. The van der Waals surface area contributed by atoms with Crippen LogP contribution >= 0.6 is 0 Å². The second kappa shape index (κ2) is 5.08. The maximum atomic E-state index is 11.9. The predicted molar refractivity (Wildman–Crippen MR) is 63.2 cm³/mol. The van der Waals surface area contributed by atoms with E-state index >= 15 is 0 Å². The number of carboxylic acid groups (broad SMARTS) is 1. The molecule has 0 aliphatic carbocycles. The molecule has 0 amide bonds. The molecule has 18 heavy (non-hydrogen) atoms. The smallest absolute Gasteiger partial charge is 0.306 e. The van der Waals surface area contributed by atoms with Crippen LogP contribution < -0.4 is 9.47 Å².